The van der Waals surface area contributed by atoms with Crippen LogP contribution >= 0.6 is 0 Å². The standard InChI is InChI=1S/C25H41N3O2/c1-7-18(4)28(25(30)19(8-2)9-3)17-21-16-22(14-15-23(21)27(5)6)26-24(29)20-12-10-11-13-20/h14-16,18-20H,7-13,17H2,1-6H3,(H,26,29)/t18-/m1/s1. The van der Waals surface area contributed by atoms with Crippen LogP contribution in [-0.2, 0) is 16.1 Å². The predicted octanol–water partition coefficient (Wildman–Crippen LogP) is 5.44. The van der Waals surface area contributed by atoms with Crippen molar-refractivity contribution in [2.75, 3.05) is 24.3 Å². The van der Waals surface area contributed by atoms with Crippen LogP contribution < -0.4 is 10.2 Å². The molecule has 1 aliphatic carbocycles. The molecule has 0 saturated heterocycles. The normalized spacial score (nSPS) is 15.3. The van der Waals surface area contributed by atoms with Crippen molar-refractivity contribution in [2.45, 2.75) is 85.2 Å². The maximum Gasteiger partial charge on any atom is 0.227 e. The van der Waals surface area contributed by atoms with E-state index in [-0.39, 0.29) is 29.7 Å². The first-order valence-corrected chi connectivity index (χ1v) is 11.7. The zero-order valence-corrected chi connectivity index (χ0v) is 19.8. The van der Waals surface area contributed by atoms with Crippen LogP contribution in [0.2, 0.25) is 0 Å². The van der Waals surface area contributed by atoms with Gasteiger partial charge in [0.25, 0.3) is 0 Å². The molecule has 0 aromatic heterocycles. The summed E-state index contributed by atoms with van der Waals surface area (Å²) in [5.74, 6) is 0.560. The van der Waals surface area contributed by atoms with E-state index in [0.29, 0.717) is 6.54 Å². The van der Waals surface area contributed by atoms with Crippen molar-refractivity contribution in [3.05, 3.63) is 23.8 Å². The fraction of sp³-hybridized carbons (Fsp3) is 0.680. The van der Waals surface area contributed by atoms with Crippen molar-refractivity contribution in [2.24, 2.45) is 11.8 Å². The molecule has 1 aromatic rings. The number of hydrogen-bond acceptors (Lipinski definition) is 3. The van der Waals surface area contributed by atoms with Crippen molar-refractivity contribution in [3.63, 3.8) is 0 Å². The number of benzene rings is 1. The molecule has 2 rings (SSSR count). The van der Waals surface area contributed by atoms with Gasteiger partial charge in [-0.15, -0.1) is 0 Å². The minimum atomic E-state index is 0.0621. The van der Waals surface area contributed by atoms with E-state index in [2.05, 4.69) is 50.0 Å². The summed E-state index contributed by atoms with van der Waals surface area (Å²) in [6.07, 6.45) is 6.90. The first-order valence-electron chi connectivity index (χ1n) is 11.7. The zero-order valence-electron chi connectivity index (χ0n) is 19.8. The second kappa shape index (κ2) is 11.4. The van der Waals surface area contributed by atoms with E-state index in [1.165, 1.54) is 0 Å². The minimum absolute atomic E-state index is 0.0621. The van der Waals surface area contributed by atoms with Gasteiger partial charge in [0.1, 0.15) is 0 Å². The van der Waals surface area contributed by atoms with Gasteiger partial charge in [-0.05, 0) is 62.8 Å². The van der Waals surface area contributed by atoms with Crippen LogP contribution in [0.1, 0.15) is 78.2 Å². The number of nitrogens with one attached hydrogen (secondary N) is 1. The number of amides is 2. The van der Waals surface area contributed by atoms with Crippen LogP contribution in [0.15, 0.2) is 18.2 Å². The van der Waals surface area contributed by atoms with E-state index in [1.54, 1.807) is 0 Å². The number of rotatable bonds is 10. The second-order valence-electron chi connectivity index (χ2n) is 8.95. The molecule has 2 amide bonds. The van der Waals surface area contributed by atoms with Crippen molar-refractivity contribution >= 4 is 23.2 Å². The Bertz CT molecular complexity index is 706. The Morgan fingerprint density at radius 3 is 2.23 bits per heavy atom. The maximum absolute atomic E-state index is 13.3. The number of anilines is 2. The quantitative estimate of drug-likeness (QED) is 0.553. The Morgan fingerprint density at radius 2 is 1.70 bits per heavy atom. The summed E-state index contributed by atoms with van der Waals surface area (Å²) in [6, 6.07) is 6.25. The Balaban J connectivity index is 2.30. The van der Waals surface area contributed by atoms with Gasteiger partial charge < -0.3 is 15.1 Å². The molecule has 0 spiro atoms. The van der Waals surface area contributed by atoms with E-state index in [4.69, 9.17) is 0 Å². The first-order chi connectivity index (χ1) is 14.3. The molecule has 0 bridgehead atoms. The number of carbonyl (C=O) groups excluding carboxylic acids is 2. The molecule has 30 heavy (non-hydrogen) atoms. The average molecular weight is 416 g/mol. The minimum Gasteiger partial charge on any atom is -0.377 e. The third kappa shape index (κ3) is 5.99. The highest BCUT2D eigenvalue weighted by molar-refractivity contribution is 5.93. The van der Waals surface area contributed by atoms with Crippen LogP contribution in [0.4, 0.5) is 11.4 Å². The fourth-order valence-corrected chi connectivity index (χ4v) is 4.39. The Labute approximate surface area is 183 Å². The molecule has 1 fully saturated rings. The van der Waals surface area contributed by atoms with Crippen LogP contribution in [-0.4, -0.2) is 36.9 Å². The van der Waals surface area contributed by atoms with Gasteiger partial charge in [-0.2, -0.15) is 0 Å². The number of nitrogens with zero attached hydrogens (tertiary/aromatic N) is 2. The summed E-state index contributed by atoms with van der Waals surface area (Å²) < 4.78 is 0. The van der Waals surface area contributed by atoms with E-state index in [1.807, 2.05) is 25.1 Å². The highest BCUT2D eigenvalue weighted by Gasteiger charge is 2.27. The summed E-state index contributed by atoms with van der Waals surface area (Å²) in [6.45, 7) is 8.99. The summed E-state index contributed by atoms with van der Waals surface area (Å²) in [5.41, 5.74) is 2.98. The monoisotopic (exact) mass is 415 g/mol. The molecular weight excluding hydrogens is 374 g/mol. The molecular formula is C25H41N3O2. The van der Waals surface area contributed by atoms with Gasteiger partial charge in [0, 0.05) is 49.9 Å². The Hall–Kier alpha value is -2.04. The van der Waals surface area contributed by atoms with Gasteiger partial charge in [0.05, 0.1) is 0 Å². The van der Waals surface area contributed by atoms with Gasteiger partial charge in [-0.1, -0.05) is 33.6 Å². The van der Waals surface area contributed by atoms with Crippen molar-refractivity contribution < 1.29 is 9.59 Å². The lowest BCUT2D eigenvalue weighted by Crippen LogP contribution is -2.41. The SMILES string of the molecule is CCC(CC)C(=O)N(Cc1cc(NC(=O)C2CCCC2)ccc1N(C)C)[C@H](C)CC. The number of hydrogen-bond donors (Lipinski definition) is 1. The molecule has 1 N–H and O–H groups in total. The summed E-state index contributed by atoms with van der Waals surface area (Å²) in [4.78, 5) is 30.0. The van der Waals surface area contributed by atoms with Crippen molar-refractivity contribution in [1.82, 2.24) is 4.90 Å². The summed E-state index contributed by atoms with van der Waals surface area (Å²) in [5, 5.41) is 3.12. The average Bonchev–Trinajstić information content (AvgIpc) is 3.27. The van der Waals surface area contributed by atoms with Gasteiger partial charge >= 0.3 is 0 Å². The largest absolute Gasteiger partial charge is 0.377 e. The molecule has 0 unspecified atom stereocenters. The van der Waals surface area contributed by atoms with Gasteiger partial charge in [-0.3, -0.25) is 9.59 Å². The molecule has 168 valence electrons. The molecule has 1 aromatic carbocycles. The van der Waals surface area contributed by atoms with E-state index < -0.39 is 0 Å². The summed E-state index contributed by atoms with van der Waals surface area (Å²) >= 11 is 0. The highest BCUT2D eigenvalue weighted by atomic mass is 16.2. The fourth-order valence-electron chi connectivity index (χ4n) is 4.39. The highest BCUT2D eigenvalue weighted by Crippen LogP contribution is 2.29. The predicted molar refractivity (Wildman–Crippen MR) is 126 cm³/mol. The molecule has 0 heterocycles. The van der Waals surface area contributed by atoms with Crippen LogP contribution in [0.25, 0.3) is 0 Å². The third-order valence-electron chi connectivity index (χ3n) is 6.64. The van der Waals surface area contributed by atoms with E-state index in [0.717, 1.165) is 61.9 Å². The van der Waals surface area contributed by atoms with Crippen molar-refractivity contribution in [1.29, 1.82) is 0 Å². The molecule has 5 heteroatoms. The zero-order chi connectivity index (χ0) is 22.3. The van der Waals surface area contributed by atoms with Gasteiger partial charge in [0.2, 0.25) is 11.8 Å². The van der Waals surface area contributed by atoms with Crippen LogP contribution in [0, 0.1) is 11.8 Å². The maximum atomic E-state index is 13.3. The molecule has 1 saturated carbocycles. The molecule has 0 radical (unpaired) electrons. The van der Waals surface area contributed by atoms with Crippen molar-refractivity contribution in [3.8, 4) is 0 Å². The number of carbonyl (C=O) groups is 2. The smallest absolute Gasteiger partial charge is 0.227 e. The lowest BCUT2D eigenvalue weighted by molar-refractivity contribution is -0.138. The third-order valence-corrected chi connectivity index (χ3v) is 6.64. The molecule has 5 nitrogen and oxygen atoms in total. The molecule has 0 aliphatic heterocycles. The second-order valence-corrected chi connectivity index (χ2v) is 8.95. The lowest BCUT2D eigenvalue weighted by atomic mass is 9.99. The Kier molecular flexibility index (Phi) is 9.19. The van der Waals surface area contributed by atoms with E-state index in [9.17, 15) is 9.59 Å². The lowest BCUT2D eigenvalue weighted by Gasteiger charge is -2.33. The van der Waals surface area contributed by atoms with Crippen LogP contribution in [0.3, 0.4) is 0 Å². The van der Waals surface area contributed by atoms with Gasteiger partial charge in [-0.25, -0.2) is 0 Å². The Morgan fingerprint density at radius 1 is 1.07 bits per heavy atom. The van der Waals surface area contributed by atoms with Crippen LogP contribution in [0.5, 0.6) is 0 Å². The van der Waals surface area contributed by atoms with Gasteiger partial charge in [0.15, 0.2) is 0 Å². The molecule has 1 aliphatic rings. The summed E-state index contributed by atoms with van der Waals surface area (Å²) in [7, 11) is 4.04. The topological polar surface area (TPSA) is 52.7 Å². The van der Waals surface area contributed by atoms with E-state index >= 15 is 0 Å². The molecule has 1 atom stereocenters. The first kappa shape index (κ1) is 24.2.